The Kier molecular flexibility index (Phi) is 4.92. The molecule has 7 nitrogen and oxygen atoms in total. The van der Waals surface area contributed by atoms with Crippen LogP contribution >= 0.6 is 0 Å². The van der Waals surface area contributed by atoms with Gasteiger partial charge in [0.2, 0.25) is 15.0 Å². The van der Waals surface area contributed by atoms with E-state index in [1.807, 2.05) is 20.8 Å². The summed E-state index contributed by atoms with van der Waals surface area (Å²) in [6.45, 7) is 6.28. The summed E-state index contributed by atoms with van der Waals surface area (Å²) in [4.78, 5) is 18.0. The molecule has 0 spiro atoms. The van der Waals surface area contributed by atoms with Crippen molar-refractivity contribution in [3.8, 4) is 0 Å². The Labute approximate surface area is 158 Å². The molecule has 1 aliphatic rings. The van der Waals surface area contributed by atoms with E-state index in [0.29, 0.717) is 37.0 Å². The number of hydrogen-bond acceptors (Lipinski definition) is 5. The van der Waals surface area contributed by atoms with E-state index in [1.165, 1.54) is 18.2 Å². The van der Waals surface area contributed by atoms with Crippen LogP contribution in [-0.2, 0) is 14.6 Å². The van der Waals surface area contributed by atoms with Gasteiger partial charge in [-0.3, -0.25) is 0 Å². The first-order valence-corrected chi connectivity index (χ1v) is 10.7. The second-order valence-corrected chi connectivity index (χ2v) is 9.78. The van der Waals surface area contributed by atoms with Gasteiger partial charge >= 0.3 is 6.09 Å². The van der Waals surface area contributed by atoms with E-state index >= 15 is 0 Å². The molecule has 9 heteroatoms. The summed E-state index contributed by atoms with van der Waals surface area (Å²) in [7, 11) is -3.59. The topological polar surface area (TPSA) is 81.5 Å². The van der Waals surface area contributed by atoms with Gasteiger partial charge < -0.3 is 14.2 Å². The highest BCUT2D eigenvalue weighted by atomic mass is 32.2. The number of halogens is 1. The third-order valence-corrected chi connectivity index (χ3v) is 5.38. The monoisotopic (exact) mass is 397 g/mol. The molecule has 27 heavy (non-hydrogen) atoms. The van der Waals surface area contributed by atoms with E-state index in [4.69, 9.17) is 4.74 Å². The van der Waals surface area contributed by atoms with E-state index < -0.39 is 21.3 Å². The summed E-state index contributed by atoms with van der Waals surface area (Å²) >= 11 is 0. The van der Waals surface area contributed by atoms with Crippen molar-refractivity contribution in [1.82, 2.24) is 14.5 Å². The number of imidazole rings is 1. The Bertz CT molecular complexity index is 970. The van der Waals surface area contributed by atoms with Crippen molar-refractivity contribution in [3.05, 3.63) is 24.0 Å². The van der Waals surface area contributed by atoms with Crippen molar-refractivity contribution >= 4 is 27.0 Å². The van der Waals surface area contributed by atoms with Gasteiger partial charge in [0.1, 0.15) is 11.4 Å². The fourth-order valence-electron chi connectivity index (χ4n) is 3.29. The Hall–Kier alpha value is -2.16. The zero-order valence-electron chi connectivity index (χ0n) is 15.9. The minimum absolute atomic E-state index is 0.0705. The van der Waals surface area contributed by atoms with Crippen LogP contribution in [0, 0.1) is 5.82 Å². The molecule has 0 atom stereocenters. The van der Waals surface area contributed by atoms with Crippen molar-refractivity contribution in [2.75, 3.05) is 19.3 Å². The Morgan fingerprint density at radius 1 is 1.26 bits per heavy atom. The van der Waals surface area contributed by atoms with Crippen molar-refractivity contribution in [1.29, 1.82) is 0 Å². The number of benzene rings is 1. The maximum Gasteiger partial charge on any atom is 0.410 e. The van der Waals surface area contributed by atoms with Gasteiger partial charge in [-0.2, -0.15) is 0 Å². The first-order chi connectivity index (χ1) is 12.5. The number of rotatable bonds is 2. The number of sulfone groups is 1. The van der Waals surface area contributed by atoms with Crippen LogP contribution in [-0.4, -0.2) is 53.9 Å². The summed E-state index contributed by atoms with van der Waals surface area (Å²) in [6, 6.07) is 3.85. The number of ether oxygens (including phenoxy) is 1. The van der Waals surface area contributed by atoms with Gasteiger partial charge in [-0.05, 0) is 51.8 Å². The van der Waals surface area contributed by atoms with E-state index in [0.717, 1.165) is 6.26 Å². The molecule has 0 radical (unpaired) electrons. The number of likely N-dealkylation sites (tertiary alicyclic amines) is 1. The third-order valence-electron chi connectivity index (χ3n) is 4.43. The van der Waals surface area contributed by atoms with Gasteiger partial charge in [0.05, 0.1) is 11.0 Å². The number of carbonyl (C=O) groups is 1. The standard InChI is InChI=1S/C18H24FN3O4S/c1-18(2,3)26-17(23)21-9-7-13(8-10-21)22-15-11-12(19)5-6-14(15)20-16(22)27(4,24)25/h5-6,11,13H,7-10H2,1-4H3. The molecule has 1 aromatic heterocycles. The minimum atomic E-state index is -3.59. The lowest BCUT2D eigenvalue weighted by Gasteiger charge is -2.34. The average molecular weight is 397 g/mol. The lowest BCUT2D eigenvalue weighted by molar-refractivity contribution is 0.0187. The van der Waals surface area contributed by atoms with Gasteiger partial charge in [0.25, 0.3) is 0 Å². The summed E-state index contributed by atoms with van der Waals surface area (Å²) < 4.78 is 45.2. The molecule has 1 aromatic carbocycles. The van der Waals surface area contributed by atoms with Gasteiger partial charge in [0.15, 0.2) is 0 Å². The molecule has 2 heterocycles. The second kappa shape index (κ2) is 6.78. The molecule has 0 saturated carbocycles. The van der Waals surface area contributed by atoms with Gasteiger partial charge in [0, 0.05) is 25.4 Å². The molecule has 2 aromatic rings. The van der Waals surface area contributed by atoms with Crippen LogP contribution in [0.1, 0.15) is 39.7 Å². The predicted octanol–water partition coefficient (Wildman–Crippen LogP) is 3.15. The smallest absolute Gasteiger partial charge is 0.410 e. The van der Waals surface area contributed by atoms with Crippen LogP contribution in [0.25, 0.3) is 11.0 Å². The lowest BCUT2D eigenvalue weighted by atomic mass is 10.0. The number of amides is 1. The van der Waals surface area contributed by atoms with E-state index in [2.05, 4.69) is 4.98 Å². The van der Waals surface area contributed by atoms with Crippen LogP contribution < -0.4 is 0 Å². The Morgan fingerprint density at radius 2 is 1.89 bits per heavy atom. The number of aromatic nitrogens is 2. The highest BCUT2D eigenvalue weighted by molar-refractivity contribution is 7.90. The summed E-state index contributed by atoms with van der Waals surface area (Å²) in [6.07, 6.45) is 1.77. The zero-order valence-corrected chi connectivity index (χ0v) is 16.7. The highest BCUT2D eigenvalue weighted by Gasteiger charge is 2.31. The van der Waals surface area contributed by atoms with Crippen LogP contribution in [0.15, 0.2) is 23.4 Å². The molecule has 1 saturated heterocycles. The van der Waals surface area contributed by atoms with Gasteiger partial charge in [-0.1, -0.05) is 0 Å². The summed E-state index contributed by atoms with van der Waals surface area (Å²) in [5.41, 5.74) is 0.313. The molecule has 0 bridgehead atoms. The molecule has 0 N–H and O–H groups in total. The quantitative estimate of drug-likeness (QED) is 0.778. The molecule has 148 valence electrons. The number of fused-ring (bicyclic) bond motifs is 1. The normalized spacial score (nSPS) is 16.7. The van der Waals surface area contributed by atoms with Crippen molar-refractivity contribution < 1.29 is 22.3 Å². The molecular weight excluding hydrogens is 373 g/mol. The SMILES string of the molecule is CC(C)(C)OC(=O)N1CCC(n2c(S(C)(=O)=O)nc3ccc(F)cc32)CC1. The number of nitrogens with zero attached hydrogens (tertiary/aromatic N) is 3. The van der Waals surface area contributed by atoms with Crippen LogP contribution in [0.5, 0.6) is 0 Å². The summed E-state index contributed by atoms with van der Waals surface area (Å²) in [5.74, 6) is -0.449. The fraction of sp³-hybridized carbons (Fsp3) is 0.556. The highest BCUT2D eigenvalue weighted by Crippen LogP contribution is 2.31. The molecular formula is C18H24FN3O4S. The number of hydrogen-bond donors (Lipinski definition) is 0. The molecule has 0 unspecified atom stereocenters. The second-order valence-electron chi connectivity index (χ2n) is 7.87. The summed E-state index contributed by atoms with van der Waals surface area (Å²) in [5, 5.41) is -0.0705. The Balaban J connectivity index is 1.89. The maximum atomic E-state index is 13.8. The van der Waals surface area contributed by atoms with Crippen molar-refractivity contribution in [3.63, 3.8) is 0 Å². The fourth-order valence-corrected chi connectivity index (χ4v) is 4.16. The van der Waals surface area contributed by atoms with Crippen molar-refractivity contribution in [2.45, 2.75) is 50.4 Å². The molecule has 0 aliphatic carbocycles. The van der Waals surface area contributed by atoms with E-state index in [1.54, 1.807) is 9.47 Å². The van der Waals surface area contributed by atoms with Gasteiger partial charge in [-0.25, -0.2) is 22.6 Å². The van der Waals surface area contributed by atoms with Crippen LogP contribution in [0.3, 0.4) is 0 Å². The van der Waals surface area contributed by atoms with Crippen LogP contribution in [0.2, 0.25) is 0 Å². The number of carbonyl (C=O) groups excluding carboxylic acids is 1. The Morgan fingerprint density at radius 3 is 2.44 bits per heavy atom. The van der Waals surface area contributed by atoms with E-state index in [-0.39, 0.29) is 17.3 Å². The third kappa shape index (κ3) is 4.23. The largest absolute Gasteiger partial charge is 0.444 e. The average Bonchev–Trinajstić information content (AvgIpc) is 2.92. The molecule has 1 amide bonds. The number of piperidine rings is 1. The first kappa shape index (κ1) is 19.6. The van der Waals surface area contributed by atoms with E-state index in [9.17, 15) is 17.6 Å². The van der Waals surface area contributed by atoms with Crippen LogP contribution in [0.4, 0.5) is 9.18 Å². The lowest BCUT2D eigenvalue weighted by Crippen LogP contribution is -2.42. The van der Waals surface area contributed by atoms with Gasteiger partial charge in [-0.15, -0.1) is 0 Å². The minimum Gasteiger partial charge on any atom is -0.444 e. The maximum absolute atomic E-state index is 13.8. The first-order valence-electron chi connectivity index (χ1n) is 8.81. The molecule has 3 rings (SSSR count). The predicted molar refractivity (Wildman–Crippen MR) is 98.9 cm³/mol. The zero-order chi connectivity index (χ0) is 20.0. The van der Waals surface area contributed by atoms with Crippen molar-refractivity contribution in [2.24, 2.45) is 0 Å². The molecule has 1 aliphatic heterocycles. The molecule has 1 fully saturated rings.